The molecule has 2 aromatic rings. The van der Waals surface area contributed by atoms with Crippen molar-refractivity contribution in [2.75, 3.05) is 6.61 Å². The molecule has 24 heavy (non-hydrogen) atoms. The second-order valence-electron chi connectivity index (χ2n) is 5.53. The van der Waals surface area contributed by atoms with Crippen molar-refractivity contribution in [3.05, 3.63) is 38.7 Å². The van der Waals surface area contributed by atoms with Gasteiger partial charge in [-0.2, -0.15) is 0 Å². The van der Waals surface area contributed by atoms with Crippen LogP contribution in [0, 0.1) is 6.92 Å². The first-order valence-electron chi connectivity index (χ1n) is 7.98. The van der Waals surface area contributed by atoms with Gasteiger partial charge in [-0.3, -0.25) is 0 Å². The van der Waals surface area contributed by atoms with Gasteiger partial charge >= 0.3 is 11.6 Å². The van der Waals surface area contributed by atoms with E-state index in [2.05, 4.69) is 0 Å². The zero-order valence-corrected chi connectivity index (χ0v) is 15.0. The van der Waals surface area contributed by atoms with Gasteiger partial charge in [-0.25, -0.2) is 9.59 Å². The molecule has 0 aliphatic carbocycles. The molecule has 1 aromatic heterocycles. The number of benzene rings is 1. The fourth-order valence-electron chi connectivity index (χ4n) is 2.52. The van der Waals surface area contributed by atoms with Gasteiger partial charge in [0.05, 0.1) is 11.6 Å². The first-order chi connectivity index (χ1) is 11.4. The van der Waals surface area contributed by atoms with Gasteiger partial charge in [0.15, 0.2) is 6.10 Å². The third-order valence-electron chi connectivity index (χ3n) is 3.76. The number of aryl methyl sites for hydroxylation is 1. The monoisotopic (exact) mass is 352 g/mol. The van der Waals surface area contributed by atoms with Crippen LogP contribution in [0.3, 0.4) is 0 Å². The molecule has 1 unspecified atom stereocenters. The van der Waals surface area contributed by atoms with Gasteiger partial charge < -0.3 is 13.9 Å². The summed E-state index contributed by atoms with van der Waals surface area (Å²) in [5.41, 5.74) is 1.55. The Kier molecular flexibility index (Phi) is 5.89. The van der Waals surface area contributed by atoms with Gasteiger partial charge in [0.1, 0.15) is 11.3 Å². The molecule has 0 radical (unpaired) electrons. The van der Waals surface area contributed by atoms with Crippen molar-refractivity contribution in [3.8, 4) is 5.75 Å². The molecule has 5 nitrogen and oxygen atoms in total. The van der Waals surface area contributed by atoms with Crippen molar-refractivity contribution in [2.45, 2.75) is 46.6 Å². The summed E-state index contributed by atoms with van der Waals surface area (Å²) < 4.78 is 15.9. The number of rotatable bonds is 6. The number of hydrogen-bond donors (Lipinski definition) is 0. The standard InChI is InChI=1S/C18H21ClO5/c1-5-7-12-10(3)13-8-14(19)16(9-15(13)24-18(12)21)23-11(4)17(20)22-6-2/h8-9,11H,5-7H2,1-4H3. The van der Waals surface area contributed by atoms with Crippen LogP contribution in [-0.4, -0.2) is 18.7 Å². The summed E-state index contributed by atoms with van der Waals surface area (Å²) in [6.45, 7) is 7.45. The summed E-state index contributed by atoms with van der Waals surface area (Å²) in [6, 6.07) is 3.24. The SMILES string of the molecule is CCCc1c(C)c2cc(Cl)c(OC(C)C(=O)OCC)cc2oc1=O. The minimum absolute atomic E-state index is 0.270. The van der Waals surface area contributed by atoms with Crippen molar-refractivity contribution in [3.63, 3.8) is 0 Å². The van der Waals surface area contributed by atoms with E-state index in [1.54, 1.807) is 19.9 Å². The molecule has 0 bridgehead atoms. The predicted octanol–water partition coefficient (Wildman–Crippen LogP) is 4.04. The van der Waals surface area contributed by atoms with E-state index >= 15 is 0 Å². The third-order valence-corrected chi connectivity index (χ3v) is 4.06. The molecule has 0 aliphatic heterocycles. The van der Waals surface area contributed by atoms with Gasteiger partial charge in [0.2, 0.25) is 0 Å². The Morgan fingerprint density at radius 1 is 1.33 bits per heavy atom. The Balaban J connectivity index is 2.45. The highest BCUT2D eigenvalue weighted by atomic mass is 35.5. The van der Waals surface area contributed by atoms with Crippen molar-refractivity contribution >= 4 is 28.5 Å². The Bertz CT molecular complexity index is 809. The molecule has 0 amide bonds. The number of ether oxygens (including phenoxy) is 2. The lowest BCUT2D eigenvalue weighted by Crippen LogP contribution is -2.26. The van der Waals surface area contributed by atoms with Gasteiger partial charge in [-0.1, -0.05) is 24.9 Å². The maximum absolute atomic E-state index is 12.1. The molecular weight excluding hydrogens is 332 g/mol. The first-order valence-corrected chi connectivity index (χ1v) is 8.35. The van der Waals surface area contributed by atoms with E-state index in [1.807, 2.05) is 13.8 Å². The van der Waals surface area contributed by atoms with Crippen molar-refractivity contribution in [1.29, 1.82) is 0 Å². The average Bonchev–Trinajstić information content (AvgIpc) is 2.53. The lowest BCUT2D eigenvalue weighted by atomic mass is 10.0. The highest BCUT2D eigenvalue weighted by Crippen LogP contribution is 2.32. The summed E-state index contributed by atoms with van der Waals surface area (Å²) in [7, 11) is 0. The summed E-state index contributed by atoms with van der Waals surface area (Å²) >= 11 is 6.27. The molecule has 1 aromatic carbocycles. The summed E-state index contributed by atoms with van der Waals surface area (Å²) in [4.78, 5) is 23.8. The van der Waals surface area contributed by atoms with E-state index < -0.39 is 12.1 Å². The molecule has 1 heterocycles. The molecular formula is C18H21ClO5. The van der Waals surface area contributed by atoms with Crippen LogP contribution >= 0.6 is 11.6 Å². The second-order valence-corrected chi connectivity index (χ2v) is 5.94. The van der Waals surface area contributed by atoms with Gasteiger partial charge in [-0.05, 0) is 38.8 Å². The third kappa shape index (κ3) is 3.73. The number of esters is 1. The quantitative estimate of drug-likeness (QED) is 0.580. The van der Waals surface area contributed by atoms with Crippen LogP contribution in [0.25, 0.3) is 11.0 Å². The number of hydrogen-bond acceptors (Lipinski definition) is 5. The van der Waals surface area contributed by atoms with Crippen LogP contribution < -0.4 is 10.4 Å². The van der Waals surface area contributed by atoms with E-state index in [4.69, 9.17) is 25.5 Å². The largest absolute Gasteiger partial charge is 0.477 e. The topological polar surface area (TPSA) is 65.7 Å². The van der Waals surface area contributed by atoms with E-state index in [0.717, 1.165) is 17.4 Å². The Morgan fingerprint density at radius 2 is 2.04 bits per heavy atom. The summed E-state index contributed by atoms with van der Waals surface area (Å²) in [5, 5.41) is 1.11. The number of carbonyl (C=O) groups is 1. The Hall–Kier alpha value is -2.01. The molecule has 1 atom stereocenters. The molecule has 0 saturated carbocycles. The van der Waals surface area contributed by atoms with Crippen molar-refractivity contribution in [1.82, 2.24) is 0 Å². The molecule has 0 aliphatic rings. The normalized spacial score (nSPS) is 12.2. The van der Waals surface area contributed by atoms with E-state index in [1.165, 1.54) is 6.07 Å². The van der Waals surface area contributed by atoms with Crippen LogP contribution in [0.5, 0.6) is 5.75 Å². The van der Waals surface area contributed by atoms with Gasteiger partial charge in [0.25, 0.3) is 0 Å². The minimum atomic E-state index is -0.813. The van der Waals surface area contributed by atoms with Crippen molar-refractivity contribution in [2.24, 2.45) is 0 Å². The highest BCUT2D eigenvalue weighted by Gasteiger charge is 2.19. The molecule has 0 N–H and O–H groups in total. The van der Waals surface area contributed by atoms with E-state index in [0.29, 0.717) is 22.6 Å². The maximum Gasteiger partial charge on any atom is 0.347 e. The van der Waals surface area contributed by atoms with Crippen LogP contribution in [0.1, 0.15) is 38.3 Å². The predicted molar refractivity (Wildman–Crippen MR) is 92.9 cm³/mol. The maximum atomic E-state index is 12.1. The molecule has 0 fully saturated rings. The highest BCUT2D eigenvalue weighted by molar-refractivity contribution is 6.32. The lowest BCUT2D eigenvalue weighted by molar-refractivity contribution is -0.150. The Labute approximate surface area is 145 Å². The zero-order chi connectivity index (χ0) is 17.9. The first kappa shape index (κ1) is 18.3. The van der Waals surface area contributed by atoms with Crippen LogP contribution in [0.2, 0.25) is 5.02 Å². The van der Waals surface area contributed by atoms with E-state index in [-0.39, 0.29) is 18.0 Å². The van der Waals surface area contributed by atoms with Crippen LogP contribution in [-0.2, 0) is 16.0 Å². The molecule has 2 rings (SSSR count). The number of fused-ring (bicyclic) bond motifs is 1. The average molecular weight is 353 g/mol. The molecule has 0 saturated heterocycles. The smallest absolute Gasteiger partial charge is 0.347 e. The summed E-state index contributed by atoms with van der Waals surface area (Å²) in [5.74, 6) is -0.208. The van der Waals surface area contributed by atoms with Gasteiger partial charge in [0, 0.05) is 17.0 Å². The molecule has 0 spiro atoms. The molecule has 130 valence electrons. The lowest BCUT2D eigenvalue weighted by Gasteiger charge is -2.15. The van der Waals surface area contributed by atoms with Gasteiger partial charge in [-0.15, -0.1) is 0 Å². The fraction of sp³-hybridized carbons (Fsp3) is 0.444. The Morgan fingerprint density at radius 3 is 2.67 bits per heavy atom. The van der Waals surface area contributed by atoms with Crippen LogP contribution in [0.15, 0.2) is 21.3 Å². The van der Waals surface area contributed by atoms with Crippen LogP contribution in [0.4, 0.5) is 0 Å². The van der Waals surface area contributed by atoms with E-state index in [9.17, 15) is 9.59 Å². The number of carbonyl (C=O) groups excluding carboxylic acids is 1. The minimum Gasteiger partial charge on any atom is -0.477 e. The van der Waals surface area contributed by atoms with Crippen molar-refractivity contribution < 1.29 is 18.7 Å². The fourth-order valence-corrected chi connectivity index (χ4v) is 2.73. The summed E-state index contributed by atoms with van der Waals surface area (Å²) in [6.07, 6.45) is 0.690. The number of halogens is 1. The zero-order valence-electron chi connectivity index (χ0n) is 14.3. The molecule has 6 heteroatoms. The second kappa shape index (κ2) is 7.71.